The summed E-state index contributed by atoms with van der Waals surface area (Å²) in [5, 5.41) is 14.1. The molecule has 1 unspecified atom stereocenters. The second-order valence-electron chi connectivity index (χ2n) is 4.37. The van der Waals surface area contributed by atoms with Crippen molar-refractivity contribution in [2.24, 2.45) is 4.99 Å². The number of halogens is 2. The minimum absolute atomic E-state index is 0.103. The van der Waals surface area contributed by atoms with Crippen molar-refractivity contribution in [1.82, 2.24) is 5.32 Å². The van der Waals surface area contributed by atoms with Crippen molar-refractivity contribution in [3.63, 3.8) is 0 Å². The number of hydrogen-bond donors (Lipinski definition) is 1. The minimum Gasteiger partial charge on any atom is -0.545 e. The van der Waals surface area contributed by atoms with Crippen LogP contribution >= 0.6 is 0 Å². The number of rotatable bonds is 3. The van der Waals surface area contributed by atoms with Crippen molar-refractivity contribution in [3.8, 4) is 0 Å². The number of aliphatic imine (C=N–C) groups is 1. The summed E-state index contributed by atoms with van der Waals surface area (Å²) >= 11 is 0. The third kappa shape index (κ3) is 2.86. The van der Waals surface area contributed by atoms with E-state index in [1.54, 1.807) is 6.92 Å². The molecule has 0 aromatic heterocycles. The number of carbonyl (C=O) groups excluding carboxylic acids is 1. The third-order valence-corrected chi connectivity index (χ3v) is 3.13. The van der Waals surface area contributed by atoms with Gasteiger partial charge in [0.1, 0.15) is 6.04 Å². The Morgan fingerprint density at radius 3 is 2.67 bits per heavy atom. The van der Waals surface area contributed by atoms with Gasteiger partial charge in [-0.25, -0.2) is 13.8 Å². The second-order valence-corrected chi connectivity index (χ2v) is 4.37. The molecule has 1 heterocycles. The largest absolute Gasteiger partial charge is 0.545 e. The molecule has 1 N–H and O–H groups in total. The predicted molar refractivity (Wildman–Crippen MR) is 69.0 cm³/mol. The highest BCUT2D eigenvalue weighted by Crippen LogP contribution is 2.31. The smallest absolute Gasteiger partial charge is 0.289 e. The SMILES string of the molecule is CCC1=C(C(=O)[O-])C(c2ccc(F)c(F)c2)N=C(OC)N1. The molecule has 0 bridgehead atoms. The lowest BCUT2D eigenvalue weighted by Crippen LogP contribution is -2.37. The summed E-state index contributed by atoms with van der Waals surface area (Å²) in [5.74, 6) is -3.51. The summed E-state index contributed by atoms with van der Waals surface area (Å²) in [6, 6.07) is 2.20. The molecular formula is C14H13F2N2O3-. The average Bonchev–Trinajstić information content (AvgIpc) is 2.48. The van der Waals surface area contributed by atoms with E-state index in [1.807, 2.05) is 0 Å². The van der Waals surface area contributed by atoms with E-state index in [1.165, 1.54) is 13.2 Å². The van der Waals surface area contributed by atoms with Gasteiger partial charge in [0.2, 0.25) is 0 Å². The maximum Gasteiger partial charge on any atom is 0.289 e. The molecule has 1 aromatic carbocycles. The molecule has 0 saturated carbocycles. The molecular weight excluding hydrogens is 282 g/mol. The van der Waals surface area contributed by atoms with Crippen LogP contribution in [0.5, 0.6) is 0 Å². The quantitative estimate of drug-likeness (QED) is 0.903. The molecule has 0 radical (unpaired) electrons. The van der Waals surface area contributed by atoms with Crippen LogP contribution in [-0.2, 0) is 9.53 Å². The Bertz CT molecular complexity index is 641. The first-order valence-corrected chi connectivity index (χ1v) is 6.26. The maximum atomic E-state index is 13.4. The zero-order valence-electron chi connectivity index (χ0n) is 11.4. The van der Waals surface area contributed by atoms with Crippen LogP contribution < -0.4 is 10.4 Å². The van der Waals surface area contributed by atoms with Gasteiger partial charge in [0, 0.05) is 11.3 Å². The number of carboxylic acid groups (broad SMARTS) is 1. The molecule has 0 amide bonds. The number of nitrogens with zero attached hydrogens (tertiary/aromatic N) is 1. The van der Waals surface area contributed by atoms with E-state index in [-0.39, 0.29) is 17.2 Å². The molecule has 7 heteroatoms. The van der Waals surface area contributed by atoms with Gasteiger partial charge >= 0.3 is 0 Å². The highest BCUT2D eigenvalue weighted by atomic mass is 19.2. The number of ether oxygens (including phenoxy) is 1. The fourth-order valence-corrected chi connectivity index (χ4v) is 2.12. The first-order chi connectivity index (χ1) is 9.97. The first kappa shape index (κ1) is 15.0. The Morgan fingerprint density at radius 2 is 2.14 bits per heavy atom. The van der Waals surface area contributed by atoms with Crippen LogP contribution in [0.15, 0.2) is 34.5 Å². The molecule has 1 aliphatic rings. The van der Waals surface area contributed by atoms with Crippen molar-refractivity contribution in [2.45, 2.75) is 19.4 Å². The highest BCUT2D eigenvalue weighted by molar-refractivity contribution is 5.91. The molecule has 1 aliphatic heterocycles. The second kappa shape index (κ2) is 5.90. The Kier molecular flexibility index (Phi) is 4.21. The molecule has 21 heavy (non-hydrogen) atoms. The summed E-state index contributed by atoms with van der Waals surface area (Å²) in [4.78, 5) is 15.4. The Labute approximate surface area is 120 Å². The number of nitrogens with one attached hydrogen (secondary N) is 1. The van der Waals surface area contributed by atoms with Crippen molar-refractivity contribution >= 4 is 12.0 Å². The lowest BCUT2D eigenvalue weighted by molar-refractivity contribution is -0.299. The first-order valence-electron chi connectivity index (χ1n) is 6.26. The van der Waals surface area contributed by atoms with Crippen LogP contribution in [0.3, 0.4) is 0 Å². The van der Waals surface area contributed by atoms with Gasteiger partial charge in [-0.05, 0) is 24.1 Å². The molecule has 5 nitrogen and oxygen atoms in total. The van der Waals surface area contributed by atoms with Crippen molar-refractivity contribution in [1.29, 1.82) is 0 Å². The van der Waals surface area contributed by atoms with Crippen LogP contribution in [0.25, 0.3) is 0 Å². The van der Waals surface area contributed by atoms with Crippen LogP contribution in [0.2, 0.25) is 0 Å². The Hall–Kier alpha value is -2.44. The van der Waals surface area contributed by atoms with Crippen LogP contribution in [0.1, 0.15) is 24.9 Å². The summed E-state index contributed by atoms with van der Waals surface area (Å²) in [6.45, 7) is 1.74. The van der Waals surface area contributed by atoms with E-state index in [4.69, 9.17) is 4.74 Å². The van der Waals surface area contributed by atoms with Gasteiger partial charge < -0.3 is 20.0 Å². The zero-order valence-corrected chi connectivity index (χ0v) is 11.4. The maximum absolute atomic E-state index is 13.4. The van der Waals surface area contributed by atoms with Crippen LogP contribution in [0, 0.1) is 11.6 Å². The van der Waals surface area contributed by atoms with Gasteiger partial charge in [-0.15, -0.1) is 0 Å². The van der Waals surface area contributed by atoms with E-state index in [0.717, 1.165) is 12.1 Å². The number of aliphatic carboxylic acids is 1. The minimum atomic E-state index is -1.42. The van der Waals surface area contributed by atoms with Gasteiger partial charge in [-0.1, -0.05) is 13.0 Å². The Balaban J connectivity index is 2.56. The van der Waals surface area contributed by atoms with Crippen LogP contribution in [0.4, 0.5) is 8.78 Å². The summed E-state index contributed by atoms with van der Waals surface area (Å²) in [6.07, 6.45) is 0.367. The van der Waals surface area contributed by atoms with Gasteiger partial charge in [0.25, 0.3) is 6.02 Å². The summed E-state index contributed by atoms with van der Waals surface area (Å²) in [5.41, 5.74) is 0.441. The molecule has 0 saturated heterocycles. The molecule has 0 aliphatic carbocycles. The molecule has 2 rings (SSSR count). The van der Waals surface area contributed by atoms with Crippen LogP contribution in [-0.4, -0.2) is 19.1 Å². The van der Waals surface area contributed by atoms with Crippen molar-refractivity contribution in [3.05, 3.63) is 46.7 Å². The van der Waals surface area contributed by atoms with E-state index in [0.29, 0.717) is 12.1 Å². The fraction of sp³-hybridized carbons (Fsp3) is 0.286. The normalized spacial score (nSPS) is 18.1. The molecule has 0 fully saturated rings. The number of carbonyl (C=O) groups is 1. The third-order valence-electron chi connectivity index (χ3n) is 3.13. The number of allylic oxidation sites excluding steroid dienone is 1. The zero-order chi connectivity index (χ0) is 15.6. The number of carboxylic acids is 1. The van der Waals surface area contributed by atoms with E-state index < -0.39 is 23.6 Å². The van der Waals surface area contributed by atoms with E-state index in [2.05, 4.69) is 10.3 Å². The highest BCUT2D eigenvalue weighted by Gasteiger charge is 2.27. The van der Waals surface area contributed by atoms with Gasteiger partial charge in [0.05, 0.1) is 13.1 Å². The average molecular weight is 295 g/mol. The van der Waals surface area contributed by atoms with E-state index >= 15 is 0 Å². The van der Waals surface area contributed by atoms with E-state index in [9.17, 15) is 18.7 Å². The Morgan fingerprint density at radius 1 is 1.43 bits per heavy atom. The summed E-state index contributed by atoms with van der Waals surface area (Å²) < 4.78 is 31.4. The van der Waals surface area contributed by atoms with Gasteiger partial charge in [0.15, 0.2) is 11.6 Å². The van der Waals surface area contributed by atoms with Gasteiger partial charge in [-0.3, -0.25) is 0 Å². The topological polar surface area (TPSA) is 73.8 Å². The lowest BCUT2D eigenvalue weighted by atomic mass is 9.95. The van der Waals surface area contributed by atoms with Gasteiger partial charge in [-0.2, -0.15) is 0 Å². The monoisotopic (exact) mass is 295 g/mol. The number of hydrogen-bond acceptors (Lipinski definition) is 5. The predicted octanol–water partition coefficient (Wildman–Crippen LogP) is 1.03. The number of benzene rings is 1. The molecule has 1 aromatic rings. The molecule has 1 atom stereocenters. The molecule has 0 spiro atoms. The van der Waals surface area contributed by atoms with Crippen molar-refractivity contribution in [2.75, 3.05) is 7.11 Å². The number of methoxy groups -OCH3 is 1. The fourth-order valence-electron chi connectivity index (χ4n) is 2.12. The van der Waals surface area contributed by atoms with Crippen molar-refractivity contribution < 1.29 is 23.4 Å². The standard InChI is InChI=1S/C14H14F2N2O3/c1-3-10-11(13(19)20)12(18-14(17-10)21-2)7-4-5-8(15)9(16)6-7/h4-6,12H,3H2,1-2H3,(H,17,18)(H,19,20)/p-1. The summed E-state index contributed by atoms with van der Waals surface area (Å²) in [7, 11) is 1.37. The molecule has 112 valence electrons. The lowest BCUT2D eigenvalue weighted by Gasteiger charge is -2.27. The number of amidine groups is 1.